The molecule has 1 saturated heterocycles. The Bertz CT molecular complexity index is 338. The van der Waals surface area contributed by atoms with E-state index in [0.29, 0.717) is 13.2 Å². The van der Waals surface area contributed by atoms with Crippen LogP contribution in [0.1, 0.15) is 6.42 Å². The number of urea groups is 1. The number of aliphatic hydroxyl groups excluding tert-OH is 1. The highest BCUT2D eigenvalue weighted by Gasteiger charge is 2.41. The average Bonchev–Trinajstić information content (AvgIpc) is 2.87. The van der Waals surface area contributed by atoms with Crippen molar-refractivity contribution in [2.24, 2.45) is 0 Å². The van der Waals surface area contributed by atoms with Crippen molar-refractivity contribution in [1.29, 1.82) is 0 Å². The van der Waals surface area contributed by atoms with Gasteiger partial charge in [0.1, 0.15) is 6.04 Å². The van der Waals surface area contributed by atoms with Crippen LogP contribution >= 0.6 is 0 Å². The van der Waals surface area contributed by atoms with Crippen LogP contribution in [0, 0.1) is 0 Å². The van der Waals surface area contributed by atoms with Crippen molar-refractivity contribution in [2.45, 2.75) is 18.6 Å². The lowest BCUT2D eigenvalue weighted by Gasteiger charge is -2.29. The van der Waals surface area contributed by atoms with E-state index in [9.17, 15) is 14.7 Å². The summed E-state index contributed by atoms with van der Waals surface area (Å²) in [4.78, 5) is 26.3. The van der Waals surface area contributed by atoms with E-state index in [1.165, 1.54) is 24.0 Å². The molecule has 0 saturated carbocycles. The van der Waals surface area contributed by atoms with Gasteiger partial charge in [0.2, 0.25) is 0 Å². The number of carboxylic acid groups (broad SMARTS) is 1. The molecular formula is C12H22N2O6. The van der Waals surface area contributed by atoms with Crippen LogP contribution in [-0.4, -0.2) is 91.2 Å². The van der Waals surface area contributed by atoms with Crippen molar-refractivity contribution in [3.05, 3.63) is 0 Å². The fraction of sp³-hybridized carbons (Fsp3) is 0.833. The van der Waals surface area contributed by atoms with Gasteiger partial charge in [0.05, 0.1) is 19.3 Å². The van der Waals surface area contributed by atoms with Gasteiger partial charge in [-0.15, -0.1) is 0 Å². The van der Waals surface area contributed by atoms with Gasteiger partial charge in [0, 0.05) is 40.3 Å². The monoisotopic (exact) mass is 290 g/mol. The molecule has 0 aromatic heterocycles. The summed E-state index contributed by atoms with van der Waals surface area (Å²) in [6.07, 6.45) is -0.00658. The van der Waals surface area contributed by atoms with Gasteiger partial charge >= 0.3 is 12.0 Å². The quantitative estimate of drug-likeness (QED) is 0.638. The number of nitrogens with zero attached hydrogens (tertiary/aromatic N) is 2. The number of methoxy groups -OCH3 is 2. The summed E-state index contributed by atoms with van der Waals surface area (Å²) in [5.74, 6) is -1.05. The van der Waals surface area contributed by atoms with E-state index in [0.717, 1.165) is 0 Å². The molecule has 1 rings (SSSR count). The second-order valence-electron chi connectivity index (χ2n) is 4.59. The maximum Gasteiger partial charge on any atom is 0.326 e. The maximum atomic E-state index is 12.4. The Kier molecular flexibility index (Phi) is 6.69. The smallest absolute Gasteiger partial charge is 0.326 e. The summed E-state index contributed by atoms with van der Waals surface area (Å²) in [5.41, 5.74) is 0. The minimum atomic E-state index is -1.05. The van der Waals surface area contributed by atoms with Crippen molar-refractivity contribution < 1.29 is 29.3 Å². The number of rotatable bonds is 7. The normalized spacial score (nSPS) is 22.1. The van der Waals surface area contributed by atoms with Gasteiger partial charge in [-0.25, -0.2) is 9.59 Å². The molecule has 1 heterocycles. The average molecular weight is 290 g/mol. The van der Waals surface area contributed by atoms with Gasteiger partial charge in [-0.3, -0.25) is 0 Å². The Morgan fingerprint density at radius 2 is 2.05 bits per heavy atom. The van der Waals surface area contributed by atoms with Crippen molar-refractivity contribution in [3.63, 3.8) is 0 Å². The number of ether oxygens (including phenoxy) is 2. The first kappa shape index (κ1) is 16.7. The summed E-state index contributed by atoms with van der Waals surface area (Å²) in [5, 5.41) is 18.2. The van der Waals surface area contributed by atoms with Crippen LogP contribution in [0.2, 0.25) is 0 Å². The molecule has 0 radical (unpaired) electrons. The van der Waals surface area contributed by atoms with Crippen molar-refractivity contribution in [2.75, 3.05) is 47.1 Å². The predicted octanol–water partition coefficient (Wildman–Crippen LogP) is -0.779. The number of likely N-dealkylation sites (tertiary alicyclic amines) is 1. The third-order valence-corrected chi connectivity index (χ3v) is 3.33. The Balaban J connectivity index is 2.76. The topological polar surface area (TPSA) is 99.5 Å². The van der Waals surface area contributed by atoms with Crippen LogP contribution in [0.25, 0.3) is 0 Å². The van der Waals surface area contributed by atoms with Crippen LogP contribution in [0.4, 0.5) is 4.79 Å². The molecule has 0 aromatic carbocycles. The minimum absolute atomic E-state index is 0.142. The Morgan fingerprint density at radius 3 is 2.55 bits per heavy atom. The zero-order chi connectivity index (χ0) is 15.1. The number of hydrogen-bond acceptors (Lipinski definition) is 5. The third-order valence-electron chi connectivity index (χ3n) is 3.33. The predicted molar refractivity (Wildman–Crippen MR) is 69.5 cm³/mol. The lowest BCUT2D eigenvalue weighted by atomic mass is 10.2. The number of aliphatic carboxylic acids is 1. The molecule has 116 valence electrons. The molecule has 8 nitrogen and oxygen atoms in total. The van der Waals surface area contributed by atoms with Gasteiger partial charge in [-0.2, -0.15) is 0 Å². The lowest BCUT2D eigenvalue weighted by Crippen LogP contribution is -2.49. The number of carbonyl (C=O) groups excluding carboxylic acids is 1. The Labute approximate surface area is 117 Å². The molecular weight excluding hydrogens is 268 g/mol. The molecule has 20 heavy (non-hydrogen) atoms. The first-order chi connectivity index (χ1) is 9.54. The maximum absolute atomic E-state index is 12.4. The molecule has 1 fully saturated rings. The van der Waals surface area contributed by atoms with E-state index >= 15 is 0 Å². The van der Waals surface area contributed by atoms with E-state index in [1.807, 2.05) is 0 Å². The molecule has 8 heteroatoms. The highest BCUT2D eigenvalue weighted by molar-refractivity contribution is 5.83. The first-order valence-corrected chi connectivity index (χ1v) is 6.46. The molecule has 0 bridgehead atoms. The van der Waals surface area contributed by atoms with Gasteiger partial charge in [0.25, 0.3) is 0 Å². The fourth-order valence-electron chi connectivity index (χ4n) is 2.22. The number of hydrogen-bond donors (Lipinski definition) is 2. The standard InChI is InChI=1S/C12H22N2O6/c1-19-6-4-13(3-5-15)12(18)14-8-9(20-2)7-10(14)11(16)17/h9-10,15H,3-8H2,1-2H3,(H,16,17). The first-order valence-electron chi connectivity index (χ1n) is 6.46. The van der Waals surface area contributed by atoms with E-state index in [4.69, 9.17) is 14.6 Å². The van der Waals surface area contributed by atoms with E-state index in [-0.39, 0.29) is 32.2 Å². The fourth-order valence-corrected chi connectivity index (χ4v) is 2.22. The Morgan fingerprint density at radius 1 is 1.35 bits per heavy atom. The molecule has 2 N–H and O–H groups in total. The minimum Gasteiger partial charge on any atom is -0.480 e. The zero-order valence-electron chi connectivity index (χ0n) is 11.8. The molecule has 2 atom stereocenters. The highest BCUT2D eigenvalue weighted by atomic mass is 16.5. The largest absolute Gasteiger partial charge is 0.480 e. The highest BCUT2D eigenvalue weighted by Crippen LogP contribution is 2.21. The van der Waals surface area contributed by atoms with Gasteiger partial charge in [0.15, 0.2) is 0 Å². The summed E-state index contributed by atoms with van der Waals surface area (Å²) < 4.78 is 10.1. The molecule has 1 aliphatic rings. The van der Waals surface area contributed by atoms with Crippen LogP contribution in [-0.2, 0) is 14.3 Å². The SMILES string of the molecule is COCCN(CCO)C(=O)N1CC(OC)CC1C(=O)O. The Hall–Kier alpha value is -1.38. The zero-order valence-corrected chi connectivity index (χ0v) is 11.8. The number of carbonyl (C=O) groups is 2. The number of aliphatic hydroxyl groups is 1. The second-order valence-corrected chi connectivity index (χ2v) is 4.59. The second kappa shape index (κ2) is 8.03. The van der Waals surface area contributed by atoms with Crippen molar-refractivity contribution >= 4 is 12.0 Å². The van der Waals surface area contributed by atoms with Crippen LogP contribution in [0.5, 0.6) is 0 Å². The van der Waals surface area contributed by atoms with E-state index < -0.39 is 18.0 Å². The van der Waals surface area contributed by atoms with Crippen molar-refractivity contribution in [1.82, 2.24) is 9.80 Å². The number of carboxylic acids is 1. The summed E-state index contributed by atoms with van der Waals surface area (Å²) in [6, 6.07) is -1.31. The summed E-state index contributed by atoms with van der Waals surface area (Å²) >= 11 is 0. The van der Waals surface area contributed by atoms with Gasteiger partial charge < -0.3 is 29.5 Å². The van der Waals surface area contributed by atoms with Crippen LogP contribution in [0.3, 0.4) is 0 Å². The van der Waals surface area contributed by atoms with Crippen LogP contribution < -0.4 is 0 Å². The van der Waals surface area contributed by atoms with Crippen molar-refractivity contribution in [3.8, 4) is 0 Å². The van der Waals surface area contributed by atoms with Gasteiger partial charge in [-0.05, 0) is 0 Å². The molecule has 2 amide bonds. The van der Waals surface area contributed by atoms with Gasteiger partial charge in [-0.1, -0.05) is 0 Å². The lowest BCUT2D eigenvalue weighted by molar-refractivity contribution is -0.141. The molecule has 1 aliphatic heterocycles. The molecule has 0 aromatic rings. The molecule has 2 unspecified atom stereocenters. The van der Waals surface area contributed by atoms with E-state index in [2.05, 4.69) is 0 Å². The summed E-state index contributed by atoms with van der Waals surface area (Å²) in [6.45, 7) is 0.819. The van der Waals surface area contributed by atoms with E-state index in [1.54, 1.807) is 0 Å². The van der Waals surface area contributed by atoms with Crippen LogP contribution in [0.15, 0.2) is 0 Å². The molecule has 0 aliphatic carbocycles. The third kappa shape index (κ3) is 4.06. The molecule has 0 spiro atoms. The summed E-state index contributed by atoms with van der Waals surface area (Å²) in [7, 11) is 3.01. The number of amides is 2.